The Morgan fingerprint density at radius 3 is 2.36 bits per heavy atom. The summed E-state index contributed by atoms with van der Waals surface area (Å²) in [5.41, 5.74) is 0.824. The van der Waals surface area contributed by atoms with Crippen LogP contribution in [0.25, 0.3) is 0 Å². The molecule has 124 valence electrons. The lowest BCUT2D eigenvalue weighted by Gasteiger charge is -2.29. The summed E-state index contributed by atoms with van der Waals surface area (Å²) in [7, 11) is -3.35. The van der Waals surface area contributed by atoms with Gasteiger partial charge in [0.15, 0.2) is 9.84 Å². The fraction of sp³-hybridized carbons (Fsp3) is 0.533. The van der Waals surface area contributed by atoms with Crippen LogP contribution < -0.4 is 0 Å². The molecular formula is C15H21Cl2NO3S. The molecule has 0 heterocycles. The monoisotopic (exact) mass is 365 g/mol. The second-order valence-corrected chi connectivity index (χ2v) is 8.28. The van der Waals surface area contributed by atoms with Crippen molar-refractivity contribution >= 4 is 38.9 Å². The van der Waals surface area contributed by atoms with Crippen molar-refractivity contribution in [3.8, 4) is 0 Å². The van der Waals surface area contributed by atoms with Gasteiger partial charge in [-0.3, -0.25) is 4.79 Å². The molecule has 0 bridgehead atoms. The van der Waals surface area contributed by atoms with Gasteiger partial charge in [-0.25, -0.2) is 8.42 Å². The molecule has 0 aliphatic heterocycles. The topological polar surface area (TPSA) is 54.5 Å². The summed E-state index contributed by atoms with van der Waals surface area (Å²) in [6.07, 6.45) is 0.740. The summed E-state index contributed by atoms with van der Waals surface area (Å²) in [4.78, 5) is 13.9. The largest absolute Gasteiger partial charge is 0.335 e. The molecule has 0 radical (unpaired) electrons. The van der Waals surface area contributed by atoms with E-state index in [0.29, 0.717) is 16.6 Å². The van der Waals surface area contributed by atoms with Gasteiger partial charge in [0.05, 0.1) is 16.1 Å². The summed E-state index contributed by atoms with van der Waals surface area (Å²) in [5.74, 6) is -0.892. The molecule has 1 atom stereocenters. The first-order valence-electron chi connectivity index (χ1n) is 7.16. The van der Waals surface area contributed by atoms with E-state index >= 15 is 0 Å². The van der Waals surface area contributed by atoms with Crippen LogP contribution >= 0.6 is 23.2 Å². The third kappa shape index (κ3) is 5.14. The van der Waals surface area contributed by atoms with Crippen molar-refractivity contribution in [2.75, 3.05) is 18.1 Å². The fourth-order valence-corrected chi connectivity index (χ4v) is 3.15. The molecule has 0 N–H and O–H groups in total. The number of amides is 1. The van der Waals surface area contributed by atoms with Crippen molar-refractivity contribution in [1.29, 1.82) is 0 Å². The maximum absolute atomic E-state index is 12.4. The zero-order chi connectivity index (χ0) is 16.9. The van der Waals surface area contributed by atoms with E-state index in [1.165, 1.54) is 6.92 Å². The van der Waals surface area contributed by atoms with Crippen LogP contribution in [-0.2, 0) is 14.6 Å². The minimum Gasteiger partial charge on any atom is -0.335 e. The Kier molecular flexibility index (Phi) is 7.16. The van der Waals surface area contributed by atoms with Crippen LogP contribution in [0.5, 0.6) is 0 Å². The summed E-state index contributed by atoms with van der Waals surface area (Å²) in [6, 6.07) is 4.91. The average molecular weight is 366 g/mol. The Morgan fingerprint density at radius 1 is 1.23 bits per heavy atom. The van der Waals surface area contributed by atoms with Crippen LogP contribution in [0.2, 0.25) is 10.0 Å². The molecule has 1 amide bonds. The summed E-state index contributed by atoms with van der Waals surface area (Å²) in [5, 5.41) is 0.857. The van der Waals surface area contributed by atoms with E-state index in [4.69, 9.17) is 23.2 Å². The highest BCUT2D eigenvalue weighted by atomic mass is 35.5. The summed E-state index contributed by atoms with van der Waals surface area (Å²) in [6.45, 7) is 5.82. The molecule has 4 nitrogen and oxygen atoms in total. The molecule has 1 unspecified atom stereocenters. The van der Waals surface area contributed by atoms with Crippen LogP contribution in [0, 0.1) is 0 Å². The third-order valence-electron chi connectivity index (χ3n) is 3.46. The van der Waals surface area contributed by atoms with Gasteiger partial charge < -0.3 is 4.90 Å². The number of sulfone groups is 1. The number of halogens is 2. The van der Waals surface area contributed by atoms with Gasteiger partial charge in [0, 0.05) is 12.3 Å². The minimum atomic E-state index is -3.35. The quantitative estimate of drug-likeness (QED) is 0.739. The van der Waals surface area contributed by atoms with Gasteiger partial charge in [-0.1, -0.05) is 43.1 Å². The number of benzene rings is 1. The Morgan fingerprint density at radius 2 is 1.86 bits per heavy atom. The Bertz CT molecular complexity index is 632. The van der Waals surface area contributed by atoms with Gasteiger partial charge in [-0.15, -0.1) is 0 Å². The molecular weight excluding hydrogens is 345 g/mol. The number of hydrogen-bond donors (Lipinski definition) is 0. The standard InChI is InChI=1S/C15H21Cl2NO3S/c1-4-8-18(15(19)10-22(20,21)5-2)11(3)12-6-7-13(16)14(17)9-12/h6-7,9,11H,4-5,8,10H2,1-3H3. The molecule has 0 spiro atoms. The molecule has 7 heteroatoms. The molecule has 0 saturated carbocycles. The molecule has 0 saturated heterocycles. The molecule has 0 fully saturated rings. The van der Waals surface area contributed by atoms with E-state index in [-0.39, 0.29) is 17.7 Å². The highest BCUT2D eigenvalue weighted by Crippen LogP contribution is 2.28. The van der Waals surface area contributed by atoms with Crippen molar-refractivity contribution in [2.45, 2.75) is 33.2 Å². The van der Waals surface area contributed by atoms with Gasteiger partial charge in [-0.05, 0) is 31.0 Å². The molecule has 1 aromatic rings. The summed E-state index contributed by atoms with van der Waals surface area (Å²) < 4.78 is 23.4. The lowest BCUT2D eigenvalue weighted by molar-refractivity contribution is -0.130. The van der Waals surface area contributed by atoms with Crippen molar-refractivity contribution in [3.63, 3.8) is 0 Å². The number of carbonyl (C=O) groups is 1. The van der Waals surface area contributed by atoms with E-state index in [0.717, 1.165) is 12.0 Å². The lowest BCUT2D eigenvalue weighted by Crippen LogP contribution is -2.38. The van der Waals surface area contributed by atoms with E-state index < -0.39 is 15.6 Å². The molecule has 0 aliphatic rings. The van der Waals surface area contributed by atoms with Gasteiger partial charge in [0.1, 0.15) is 5.75 Å². The number of nitrogens with zero attached hydrogens (tertiary/aromatic N) is 1. The first kappa shape index (κ1) is 19.3. The second-order valence-electron chi connectivity index (χ2n) is 5.11. The molecule has 22 heavy (non-hydrogen) atoms. The van der Waals surface area contributed by atoms with E-state index in [9.17, 15) is 13.2 Å². The molecule has 1 aromatic carbocycles. The number of rotatable bonds is 7. The maximum atomic E-state index is 12.4. The highest BCUT2D eigenvalue weighted by molar-refractivity contribution is 7.92. The average Bonchev–Trinajstić information content (AvgIpc) is 2.46. The Labute approximate surface area is 142 Å². The van der Waals surface area contributed by atoms with Crippen LogP contribution in [0.1, 0.15) is 38.8 Å². The molecule has 1 rings (SSSR count). The number of carbonyl (C=O) groups excluding carboxylic acids is 1. The minimum absolute atomic E-state index is 0.0418. The predicted molar refractivity (Wildman–Crippen MR) is 91.2 cm³/mol. The van der Waals surface area contributed by atoms with Crippen molar-refractivity contribution in [2.24, 2.45) is 0 Å². The highest BCUT2D eigenvalue weighted by Gasteiger charge is 2.25. The Hall–Kier alpha value is -0.780. The first-order chi connectivity index (χ1) is 10.2. The van der Waals surface area contributed by atoms with Crippen LogP contribution in [0.4, 0.5) is 0 Å². The third-order valence-corrected chi connectivity index (χ3v) is 5.77. The van der Waals surface area contributed by atoms with E-state index in [1.54, 1.807) is 23.1 Å². The van der Waals surface area contributed by atoms with Gasteiger partial charge >= 0.3 is 0 Å². The lowest BCUT2D eigenvalue weighted by atomic mass is 10.1. The van der Waals surface area contributed by atoms with Crippen molar-refractivity contribution < 1.29 is 13.2 Å². The smallest absolute Gasteiger partial charge is 0.238 e. The van der Waals surface area contributed by atoms with E-state index in [1.807, 2.05) is 13.8 Å². The molecule has 0 aromatic heterocycles. The zero-order valence-corrected chi connectivity index (χ0v) is 15.3. The second kappa shape index (κ2) is 8.18. The number of hydrogen-bond acceptors (Lipinski definition) is 3. The first-order valence-corrected chi connectivity index (χ1v) is 9.74. The van der Waals surface area contributed by atoms with Crippen LogP contribution in [-0.4, -0.2) is 37.3 Å². The van der Waals surface area contributed by atoms with Crippen molar-refractivity contribution in [3.05, 3.63) is 33.8 Å². The molecule has 0 aliphatic carbocycles. The maximum Gasteiger partial charge on any atom is 0.238 e. The normalized spacial score (nSPS) is 13.0. The SMILES string of the molecule is CCCN(C(=O)CS(=O)(=O)CC)C(C)c1ccc(Cl)c(Cl)c1. The predicted octanol–water partition coefficient (Wildman–Crippen LogP) is 3.73. The van der Waals surface area contributed by atoms with Gasteiger partial charge in [0.2, 0.25) is 5.91 Å². The zero-order valence-electron chi connectivity index (χ0n) is 13.0. The fourth-order valence-electron chi connectivity index (χ4n) is 2.10. The van der Waals surface area contributed by atoms with Crippen molar-refractivity contribution in [1.82, 2.24) is 4.90 Å². The Balaban J connectivity index is 3.03. The van der Waals surface area contributed by atoms with Crippen LogP contribution in [0.15, 0.2) is 18.2 Å². The summed E-state index contributed by atoms with van der Waals surface area (Å²) >= 11 is 11.9. The van der Waals surface area contributed by atoms with Crippen LogP contribution in [0.3, 0.4) is 0 Å². The van der Waals surface area contributed by atoms with E-state index in [2.05, 4.69) is 0 Å². The van der Waals surface area contributed by atoms with Gasteiger partial charge in [-0.2, -0.15) is 0 Å². The van der Waals surface area contributed by atoms with Gasteiger partial charge in [0.25, 0.3) is 0 Å².